The molecule has 6 nitrogen and oxygen atoms in total. The summed E-state index contributed by atoms with van der Waals surface area (Å²) in [6, 6.07) is 18.6. The minimum absolute atomic E-state index is 0.0108. The Morgan fingerprint density at radius 3 is 2.17 bits per heavy atom. The van der Waals surface area contributed by atoms with Crippen molar-refractivity contribution in [2.24, 2.45) is 0 Å². The molecule has 0 spiro atoms. The van der Waals surface area contributed by atoms with Crippen LogP contribution in [-0.2, 0) is 10.9 Å². The Kier molecular flexibility index (Phi) is 7.00. The van der Waals surface area contributed by atoms with Gasteiger partial charge < -0.3 is 25.0 Å². The smallest absolute Gasteiger partial charge is 0.419 e. The highest BCUT2D eigenvalue weighted by Gasteiger charge is 2.35. The van der Waals surface area contributed by atoms with E-state index in [2.05, 4.69) is 5.32 Å². The number of fused-ring (bicyclic) bond motifs is 3. The first-order chi connectivity index (χ1) is 16.7. The number of hydrogen-bond acceptors (Lipinski definition) is 5. The fourth-order valence-electron chi connectivity index (χ4n) is 4.30. The molecule has 0 heterocycles. The van der Waals surface area contributed by atoms with Crippen molar-refractivity contribution in [3.63, 3.8) is 0 Å². The van der Waals surface area contributed by atoms with Crippen LogP contribution in [0.1, 0.15) is 34.3 Å². The number of aliphatic hydroxyl groups excluding tert-OH is 2. The van der Waals surface area contributed by atoms with E-state index in [1.54, 1.807) is 0 Å². The molecule has 1 aliphatic carbocycles. The number of benzene rings is 3. The lowest BCUT2D eigenvalue weighted by Crippen LogP contribution is -2.36. The number of ether oxygens (including phenoxy) is 2. The van der Waals surface area contributed by atoms with Gasteiger partial charge in [-0.1, -0.05) is 54.6 Å². The summed E-state index contributed by atoms with van der Waals surface area (Å²) in [5.41, 5.74) is 3.28. The van der Waals surface area contributed by atoms with Crippen molar-refractivity contribution in [3.8, 4) is 16.9 Å². The van der Waals surface area contributed by atoms with Crippen LogP contribution in [0.4, 0.5) is 18.0 Å². The van der Waals surface area contributed by atoms with E-state index in [-0.39, 0.29) is 24.6 Å². The lowest BCUT2D eigenvalue weighted by molar-refractivity contribution is -0.138. The van der Waals surface area contributed by atoms with E-state index < -0.39 is 35.8 Å². The summed E-state index contributed by atoms with van der Waals surface area (Å²) in [4.78, 5) is 12.3. The highest BCUT2D eigenvalue weighted by Crippen LogP contribution is 2.44. The molecule has 184 valence electrons. The number of aliphatic hydroxyl groups is 2. The summed E-state index contributed by atoms with van der Waals surface area (Å²) < 4.78 is 49.2. The molecule has 0 bridgehead atoms. The number of hydrogen-bond donors (Lipinski definition) is 3. The molecular weight excluding hydrogens is 463 g/mol. The standard InChI is InChI=1S/C26H24F3NO5/c1-34-23-12-15(10-11-21(23)26(27,28)29)24(32)22(31)13-30-25(33)35-14-20-18-8-4-2-6-16(18)17-7-3-5-9-19(17)20/h2-12,20,22,24,31-32H,13-14H2,1H3,(H,30,33). The second-order valence-corrected chi connectivity index (χ2v) is 8.18. The quantitative estimate of drug-likeness (QED) is 0.452. The van der Waals surface area contributed by atoms with Gasteiger partial charge in [0.25, 0.3) is 0 Å². The molecule has 9 heteroatoms. The van der Waals surface area contributed by atoms with Gasteiger partial charge in [0.05, 0.1) is 12.7 Å². The van der Waals surface area contributed by atoms with Crippen molar-refractivity contribution in [1.29, 1.82) is 0 Å². The number of rotatable bonds is 7. The van der Waals surface area contributed by atoms with Gasteiger partial charge >= 0.3 is 12.3 Å². The lowest BCUT2D eigenvalue weighted by Gasteiger charge is -2.21. The van der Waals surface area contributed by atoms with Crippen molar-refractivity contribution in [2.75, 3.05) is 20.3 Å². The SMILES string of the molecule is COc1cc(C(O)C(O)CNC(=O)OCC2c3ccccc3-c3ccccc32)ccc1C(F)(F)F. The number of carbonyl (C=O) groups excluding carboxylic acids is 1. The van der Waals surface area contributed by atoms with E-state index in [0.29, 0.717) is 0 Å². The van der Waals surface area contributed by atoms with E-state index in [1.165, 1.54) is 0 Å². The number of methoxy groups -OCH3 is 1. The molecule has 4 rings (SSSR count). The van der Waals surface area contributed by atoms with Crippen molar-refractivity contribution in [3.05, 3.63) is 89.0 Å². The largest absolute Gasteiger partial charge is 0.496 e. The van der Waals surface area contributed by atoms with Crippen LogP contribution < -0.4 is 10.1 Å². The Morgan fingerprint density at radius 1 is 1.00 bits per heavy atom. The van der Waals surface area contributed by atoms with Crippen LogP contribution in [0.25, 0.3) is 11.1 Å². The fraction of sp³-hybridized carbons (Fsp3) is 0.269. The predicted molar refractivity (Wildman–Crippen MR) is 122 cm³/mol. The van der Waals surface area contributed by atoms with Gasteiger partial charge in [-0.2, -0.15) is 13.2 Å². The zero-order chi connectivity index (χ0) is 25.2. The Hall–Kier alpha value is -3.56. The Bertz CT molecular complexity index is 1170. The van der Waals surface area contributed by atoms with Crippen molar-refractivity contribution < 1.29 is 37.7 Å². The number of carbonyl (C=O) groups is 1. The zero-order valence-corrected chi connectivity index (χ0v) is 18.8. The normalized spacial score (nSPS) is 14.6. The molecule has 0 saturated heterocycles. The molecular formula is C26H24F3NO5. The highest BCUT2D eigenvalue weighted by atomic mass is 19.4. The number of alkyl halides is 3. The minimum Gasteiger partial charge on any atom is -0.496 e. The van der Waals surface area contributed by atoms with Crippen molar-refractivity contribution >= 4 is 6.09 Å². The van der Waals surface area contributed by atoms with Gasteiger partial charge in [-0.3, -0.25) is 0 Å². The van der Waals surface area contributed by atoms with Gasteiger partial charge in [0.15, 0.2) is 0 Å². The molecule has 1 aliphatic rings. The van der Waals surface area contributed by atoms with Gasteiger partial charge in [-0.05, 0) is 39.9 Å². The first-order valence-corrected chi connectivity index (χ1v) is 10.9. The van der Waals surface area contributed by atoms with Crippen LogP contribution in [0.2, 0.25) is 0 Å². The van der Waals surface area contributed by atoms with E-state index in [4.69, 9.17) is 9.47 Å². The third-order valence-electron chi connectivity index (χ3n) is 6.04. The lowest BCUT2D eigenvalue weighted by atomic mass is 9.98. The van der Waals surface area contributed by atoms with Crippen LogP contribution in [0.15, 0.2) is 66.7 Å². The predicted octanol–water partition coefficient (Wildman–Crippen LogP) is 4.65. The van der Waals surface area contributed by atoms with Crippen LogP contribution in [0.5, 0.6) is 5.75 Å². The van der Waals surface area contributed by atoms with Gasteiger partial charge in [-0.15, -0.1) is 0 Å². The summed E-state index contributed by atoms with van der Waals surface area (Å²) in [7, 11) is 1.08. The molecule has 0 aromatic heterocycles. The molecule has 3 aromatic rings. The third-order valence-corrected chi connectivity index (χ3v) is 6.04. The van der Waals surface area contributed by atoms with Gasteiger partial charge in [0, 0.05) is 12.5 Å². The number of amides is 1. The highest BCUT2D eigenvalue weighted by molar-refractivity contribution is 5.79. The Balaban J connectivity index is 1.35. The van der Waals surface area contributed by atoms with Crippen LogP contribution in [0.3, 0.4) is 0 Å². The molecule has 0 aliphatic heterocycles. The number of nitrogens with one attached hydrogen (secondary N) is 1. The maximum atomic E-state index is 13.0. The average Bonchev–Trinajstić information content (AvgIpc) is 3.18. The Morgan fingerprint density at radius 2 is 1.60 bits per heavy atom. The van der Waals surface area contributed by atoms with Crippen LogP contribution >= 0.6 is 0 Å². The monoisotopic (exact) mass is 487 g/mol. The maximum Gasteiger partial charge on any atom is 0.419 e. The summed E-state index contributed by atoms with van der Waals surface area (Å²) in [5.74, 6) is -0.617. The second-order valence-electron chi connectivity index (χ2n) is 8.18. The maximum absolute atomic E-state index is 13.0. The summed E-state index contributed by atoms with van der Waals surface area (Å²) >= 11 is 0. The van der Waals surface area contributed by atoms with Crippen LogP contribution in [-0.4, -0.2) is 42.7 Å². The third kappa shape index (κ3) is 5.11. The summed E-state index contributed by atoms with van der Waals surface area (Å²) in [5, 5.41) is 23.0. The van der Waals surface area contributed by atoms with E-state index in [0.717, 1.165) is 47.6 Å². The first-order valence-electron chi connectivity index (χ1n) is 10.9. The van der Waals surface area contributed by atoms with Gasteiger partial charge in [0.2, 0.25) is 0 Å². The summed E-state index contributed by atoms with van der Waals surface area (Å²) in [6.45, 7) is -0.296. The van der Waals surface area contributed by atoms with Gasteiger partial charge in [0.1, 0.15) is 24.6 Å². The van der Waals surface area contributed by atoms with Gasteiger partial charge in [-0.25, -0.2) is 4.79 Å². The molecule has 2 unspecified atom stereocenters. The molecule has 0 radical (unpaired) electrons. The molecule has 1 amide bonds. The fourth-order valence-corrected chi connectivity index (χ4v) is 4.30. The summed E-state index contributed by atoms with van der Waals surface area (Å²) in [6.07, 6.45) is -8.46. The van der Waals surface area contributed by atoms with Crippen molar-refractivity contribution in [1.82, 2.24) is 5.32 Å². The Labute approximate surface area is 199 Å². The number of halogens is 3. The van der Waals surface area contributed by atoms with Crippen LogP contribution in [0, 0.1) is 0 Å². The molecule has 35 heavy (non-hydrogen) atoms. The van der Waals surface area contributed by atoms with E-state index in [1.807, 2.05) is 48.5 Å². The number of alkyl carbamates (subject to hydrolysis) is 1. The molecule has 0 fully saturated rings. The second kappa shape index (κ2) is 9.97. The molecule has 3 aromatic carbocycles. The van der Waals surface area contributed by atoms with E-state index >= 15 is 0 Å². The topological polar surface area (TPSA) is 88.0 Å². The molecule has 0 saturated carbocycles. The molecule has 3 N–H and O–H groups in total. The van der Waals surface area contributed by atoms with Crippen molar-refractivity contribution in [2.45, 2.75) is 24.3 Å². The molecule has 2 atom stereocenters. The zero-order valence-electron chi connectivity index (χ0n) is 18.8. The minimum atomic E-state index is -4.63. The van der Waals surface area contributed by atoms with E-state index in [9.17, 15) is 28.2 Å². The average molecular weight is 487 g/mol. The first kappa shape index (κ1) is 24.6.